The van der Waals surface area contributed by atoms with Gasteiger partial charge in [-0.1, -0.05) is 12.1 Å². The Morgan fingerprint density at radius 2 is 2.18 bits per heavy atom. The van der Waals surface area contributed by atoms with Gasteiger partial charge in [0.25, 0.3) is 0 Å². The number of anilines is 2. The number of nitrogens with zero attached hydrogens (tertiary/aromatic N) is 4. The van der Waals surface area contributed by atoms with Crippen LogP contribution in [0, 0.1) is 0 Å². The summed E-state index contributed by atoms with van der Waals surface area (Å²) in [6, 6.07) is 10.8. The summed E-state index contributed by atoms with van der Waals surface area (Å²) in [5, 5.41) is 27.0. The summed E-state index contributed by atoms with van der Waals surface area (Å²) in [4.78, 5) is 16.9. The Hall–Kier alpha value is -4.23. The van der Waals surface area contributed by atoms with Crippen molar-refractivity contribution in [2.45, 2.75) is 50.3 Å². The average Bonchev–Trinajstić information content (AvgIpc) is 3.28. The SMILES string of the molecule is COc1cccc(-c2cn3nc(CO)cc3c(Nc3cc([C@H]4OC[C@@H](OC(=O)NC5(C)CC5)[C@H]4F)[nH]n3)n2)c1. The Kier molecular flexibility index (Phi) is 6.31. The molecule has 12 nitrogen and oxygen atoms in total. The summed E-state index contributed by atoms with van der Waals surface area (Å²) in [5.41, 5.74) is 2.61. The third-order valence-corrected chi connectivity index (χ3v) is 6.93. The molecule has 2 aliphatic rings. The Morgan fingerprint density at radius 1 is 1.33 bits per heavy atom. The summed E-state index contributed by atoms with van der Waals surface area (Å²) in [6.45, 7) is 1.61. The number of alkyl halides is 1. The monoisotopic (exact) mass is 537 g/mol. The summed E-state index contributed by atoms with van der Waals surface area (Å²) >= 11 is 0. The second-order valence-electron chi connectivity index (χ2n) is 9.99. The zero-order valence-electron chi connectivity index (χ0n) is 21.3. The number of H-pyrrole nitrogens is 1. The standard InChI is InChI=1S/C26H28FN7O5/c1-26(6-7-26)30-25(36)39-20-13-38-23(22(20)27)17-10-21(32-31-17)29-24-19-9-15(12-35)33-34(19)11-18(28-24)14-4-3-5-16(8-14)37-2/h3-5,8-11,20,22-23,35H,6-7,12-13H2,1-2H3,(H,30,36)(H2,28,29,31,32)/t20-,22-,23-/m1/s1. The molecule has 1 saturated heterocycles. The van der Waals surface area contributed by atoms with Crippen LogP contribution in [0.1, 0.15) is 37.3 Å². The summed E-state index contributed by atoms with van der Waals surface area (Å²) in [6.07, 6.45) is -0.717. The number of aromatic nitrogens is 5. The first-order valence-corrected chi connectivity index (χ1v) is 12.6. The van der Waals surface area contributed by atoms with Gasteiger partial charge in [0.2, 0.25) is 0 Å². The zero-order valence-corrected chi connectivity index (χ0v) is 21.3. The molecule has 4 aromatic rings. The summed E-state index contributed by atoms with van der Waals surface area (Å²) < 4.78 is 33.0. The van der Waals surface area contributed by atoms with E-state index in [4.69, 9.17) is 19.2 Å². The van der Waals surface area contributed by atoms with E-state index in [1.54, 1.807) is 30.0 Å². The highest BCUT2D eigenvalue weighted by molar-refractivity contribution is 5.76. The molecule has 39 heavy (non-hydrogen) atoms. The minimum absolute atomic E-state index is 0.0672. The van der Waals surface area contributed by atoms with Gasteiger partial charge in [0.15, 0.2) is 23.9 Å². The molecule has 3 aromatic heterocycles. The van der Waals surface area contributed by atoms with Crippen molar-refractivity contribution >= 4 is 23.2 Å². The van der Waals surface area contributed by atoms with Crippen LogP contribution >= 0.6 is 0 Å². The minimum Gasteiger partial charge on any atom is -0.497 e. The van der Waals surface area contributed by atoms with Gasteiger partial charge in [0.05, 0.1) is 43.6 Å². The van der Waals surface area contributed by atoms with E-state index >= 15 is 4.39 Å². The molecular weight excluding hydrogens is 509 g/mol. The molecular formula is C26H28FN7O5. The number of fused-ring (bicyclic) bond motifs is 1. The van der Waals surface area contributed by atoms with E-state index < -0.39 is 24.5 Å². The van der Waals surface area contributed by atoms with Crippen LogP contribution in [0.5, 0.6) is 5.75 Å². The Balaban J connectivity index is 1.22. The maximum absolute atomic E-state index is 15.2. The maximum Gasteiger partial charge on any atom is 0.408 e. The number of aliphatic hydroxyl groups is 1. The van der Waals surface area contributed by atoms with E-state index in [0.29, 0.717) is 40.0 Å². The van der Waals surface area contributed by atoms with Crippen LogP contribution in [-0.4, -0.2) is 67.5 Å². The van der Waals surface area contributed by atoms with Crippen molar-refractivity contribution in [3.8, 4) is 17.0 Å². The highest BCUT2D eigenvalue weighted by Crippen LogP contribution is 2.36. The zero-order chi connectivity index (χ0) is 27.1. The van der Waals surface area contributed by atoms with E-state index in [1.807, 2.05) is 31.2 Å². The number of alkyl carbamates (subject to hydrolysis) is 1. The number of carbonyl (C=O) groups excluding carboxylic acids is 1. The molecule has 1 saturated carbocycles. The van der Waals surface area contributed by atoms with Gasteiger partial charge in [-0.2, -0.15) is 10.2 Å². The van der Waals surface area contributed by atoms with Crippen LogP contribution in [0.4, 0.5) is 20.8 Å². The maximum atomic E-state index is 15.2. The predicted molar refractivity (Wildman–Crippen MR) is 137 cm³/mol. The number of hydrogen-bond acceptors (Lipinski definition) is 9. The van der Waals surface area contributed by atoms with Gasteiger partial charge < -0.3 is 30.0 Å². The van der Waals surface area contributed by atoms with E-state index in [1.165, 1.54) is 0 Å². The third kappa shape index (κ3) is 5.10. The first kappa shape index (κ1) is 25.1. The number of nitrogens with one attached hydrogen (secondary N) is 3. The van der Waals surface area contributed by atoms with Crippen LogP contribution in [0.15, 0.2) is 42.6 Å². The number of hydrogen-bond donors (Lipinski definition) is 4. The fourth-order valence-corrected chi connectivity index (χ4v) is 4.46. The molecule has 0 spiro atoms. The topological polar surface area (TPSA) is 148 Å². The highest BCUT2D eigenvalue weighted by atomic mass is 19.1. The lowest BCUT2D eigenvalue weighted by molar-refractivity contribution is 0.0604. The van der Waals surface area contributed by atoms with Gasteiger partial charge in [-0.05, 0) is 38.0 Å². The molecule has 1 aliphatic heterocycles. The van der Waals surface area contributed by atoms with Crippen LogP contribution in [0.25, 0.3) is 16.8 Å². The Morgan fingerprint density at radius 3 is 2.95 bits per heavy atom. The lowest BCUT2D eigenvalue weighted by Gasteiger charge is -2.17. The second-order valence-corrected chi connectivity index (χ2v) is 9.99. The number of rotatable bonds is 8. The second kappa shape index (κ2) is 9.82. The number of benzene rings is 1. The van der Waals surface area contributed by atoms with Gasteiger partial charge in [-0.15, -0.1) is 0 Å². The number of methoxy groups -OCH3 is 1. The van der Waals surface area contributed by atoms with Gasteiger partial charge >= 0.3 is 6.09 Å². The van der Waals surface area contributed by atoms with Crippen LogP contribution in [0.3, 0.4) is 0 Å². The number of aliphatic hydroxyl groups excluding tert-OH is 1. The van der Waals surface area contributed by atoms with E-state index in [9.17, 15) is 9.90 Å². The lowest BCUT2D eigenvalue weighted by Crippen LogP contribution is -2.39. The highest BCUT2D eigenvalue weighted by Gasteiger charge is 2.44. The fourth-order valence-electron chi connectivity index (χ4n) is 4.46. The minimum atomic E-state index is -1.57. The molecule has 4 N–H and O–H groups in total. The third-order valence-electron chi connectivity index (χ3n) is 6.93. The van der Waals surface area contributed by atoms with Crippen molar-refractivity contribution < 1.29 is 28.5 Å². The van der Waals surface area contributed by atoms with Crippen molar-refractivity contribution in [1.29, 1.82) is 0 Å². The molecule has 0 bridgehead atoms. The molecule has 13 heteroatoms. The first-order chi connectivity index (χ1) is 18.8. The van der Waals surface area contributed by atoms with Crippen molar-refractivity contribution in [3.63, 3.8) is 0 Å². The smallest absolute Gasteiger partial charge is 0.408 e. The van der Waals surface area contributed by atoms with Crippen molar-refractivity contribution in [2.75, 3.05) is 19.0 Å². The molecule has 1 aromatic carbocycles. The molecule has 204 valence electrons. The molecule has 3 atom stereocenters. The predicted octanol–water partition coefficient (Wildman–Crippen LogP) is 3.42. The Bertz CT molecular complexity index is 1520. The Labute approximate surface area is 222 Å². The normalized spacial score (nSPS) is 21.6. The van der Waals surface area contributed by atoms with Crippen LogP contribution in [0.2, 0.25) is 0 Å². The van der Waals surface area contributed by atoms with Crippen molar-refractivity contribution in [2.24, 2.45) is 0 Å². The number of ether oxygens (including phenoxy) is 3. The molecule has 6 rings (SSSR count). The largest absolute Gasteiger partial charge is 0.497 e. The molecule has 1 aliphatic carbocycles. The van der Waals surface area contributed by atoms with Gasteiger partial charge in [0, 0.05) is 17.2 Å². The van der Waals surface area contributed by atoms with Gasteiger partial charge in [-0.3, -0.25) is 5.10 Å². The van der Waals surface area contributed by atoms with Crippen LogP contribution in [-0.2, 0) is 16.1 Å². The van der Waals surface area contributed by atoms with Crippen LogP contribution < -0.4 is 15.4 Å². The quantitative estimate of drug-likeness (QED) is 0.265. The molecule has 0 radical (unpaired) electrons. The number of halogens is 1. The lowest BCUT2D eigenvalue weighted by atomic mass is 10.1. The van der Waals surface area contributed by atoms with Crippen molar-refractivity contribution in [1.82, 2.24) is 30.1 Å². The van der Waals surface area contributed by atoms with Crippen molar-refractivity contribution in [3.05, 3.63) is 54.0 Å². The molecule has 0 unspecified atom stereocenters. The number of aromatic amines is 1. The van der Waals surface area contributed by atoms with E-state index in [0.717, 1.165) is 18.4 Å². The summed E-state index contributed by atoms with van der Waals surface area (Å²) in [5.74, 6) is 1.47. The molecule has 4 heterocycles. The molecule has 2 fully saturated rings. The molecule has 1 amide bonds. The number of carbonyl (C=O) groups is 1. The number of amides is 1. The first-order valence-electron chi connectivity index (χ1n) is 12.6. The van der Waals surface area contributed by atoms with E-state index in [-0.39, 0.29) is 18.8 Å². The van der Waals surface area contributed by atoms with Gasteiger partial charge in [-0.25, -0.2) is 18.7 Å². The van der Waals surface area contributed by atoms with E-state index in [2.05, 4.69) is 25.9 Å². The van der Waals surface area contributed by atoms with Gasteiger partial charge in [0.1, 0.15) is 17.4 Å². The average molecular weight is 538 g/mol. The summed E-state index contributed by atoms with van der Waals surface area (Å²) in [7, 11) is 1.59. The fraction of sp³-hybridized carbons (Fsp3) is 0.385.